The van der Waals surface area contributed by atoms with Crippen molar-refractivity contribution in [1.82, 2.24) is 20.1 Å². The zero-order valence-corrected chi connectivity index (χ0v) is 14.8. The van der Waals surface area contributed by atoms with Gasteiger partial charge in [0.25, 0.3) is 11.8 Å². The number of nitrogens with zero attached hydrogens (tertiary/aromatic N) is 3. The van der Waals surface area contributed by atoms with Crippen molar-refractivity contribution in [1.29, 1.82) is 0 Å². The number of H-pyrrole nitrogens is 1. The van der Waals surface area contributed by atoms with Crippen molar-refractivity contribution in [2.24, 2.45) is 0 Å². The van der Waals surface area contributed by atoms with Crippen LogP contribution in [0.3, 0.4) is 0 Å². The molecule has 3 heterocycles. The number of alkyl halides is 2. The molecular weight excluding hydrogens is 352 g/mol. The van der Waals surface area contributed by atoms with Gasteiger partial charge in [0.05, 0.1) is 16.6 Å². The van der Waals surface area contributed by atoms with Crippen molar-refractivity contribution in [3.8, 4) is 0 Å². The Morgan fingerprint density at radius 3 is 2.59 bits per heavy atom. The summed E-state index contributed by atoms with van der Waals surface area (Å²) in [6.07, 6.45) is 1.13. The fourth-order valence-corrected chi connectivity index (χ4v) is 3.27. The zero-order chi connectivity index (χ0) is 19.0. The molecule has 0 radical (unpaired) electrons. The summed E-state index contributed by atoms with van der Waals surface area (Å²) in [4.78, 5) is 18.3. The van der Waals surface area contributed by atoms with Gasteiger partial charge in [-0.1, -0.05) is 0 Å². The van der Waals surface area contributed by atoms with Gasteiger partial charge in [0.2, 0.25) is 0 Å². The molecule has 1 aromatic carbocycles. The highest BCUT2D eigenvalue weighted by atomic mass is 19.3. The van der Waals surface area contributed by atoms with E-state index >= 15 is 0 Å². The van der Waals surface area contributed by atoms with Crippen molar-refractivity contribution in [2.75, 3.05) is 18.4 Å². The van der Waals surface area contributed by atoms with Gasteiger partial charge in [-0.15, -0.1) is 0 Å². The van der Waals surface area contributed by atoms with Crippen LogP contribution in [0.1, 0.15) is 28.9 Å². The maximum Gasteiger partial charge on any atom is 0.253 e. The molecule has 3 aromatic rings. The van der Waals surface area contributed by atoms with E-state index in [9.17, 15) is 13.6 Å². The normalized spacial score (nSPS) is 16.5. The van der Waals surface area contributed by atoms with E-state index in [4.69, 9.17) is 0 Å². The summed E-state index contributed by atoms with van der Waals surface area (Å²) in [6.45, 7) is 2.06. The lowest BCUT2D eigenvalue weighted by Gasteiger charge is -2.31. The number of pyridine rings is 1. The number of rotatable bonds is 3. The van der Waals surface area contributed by atoms with Crippen LogP contribution in [-0.4, -0.2) is 45.0 Å². The van der Waals surface area contributed by atoms with Gasteiger partial charge in [-0.2, -0.15) is 5.10 Å². The largest absolute Gasteiger partial charge is 0.340 e. The Morgan fingerprint density at radius 2 is 1.89 bits per heavy atom. The van der Waals surface area contributed by atoms with E-state index in [0.717, 1.165) is 22.3 Å². The van der Waals surface area contributed by atoms with Crippen LogP contribution < -0.4 is 5.32 Å². The number of likely N-dealkylation sites (tertiary alicyclic amines) is 1. The van der Waals surface area contributed by atoms with Crippen LogP contribution >= 0.6 is 0 Å². The monoisotopic (exact) mass is 371 g/mol. The second-order valence-electron chi connectivity index (χ2n) is 6.74. The molecule has 0 unspecified atom stereocenters. The molecular formula is C19H19F2N5O. The fraction of sp³-hybridized carbons (Fsp3) is 0.316. The second-order valence-corrected chi connectivity index (χ2v) is 6.74. The highest BCUT2D eigenvalue weighted by Crippen LogP contribution is 2.29. The highest BCUT2D eigenvalue weighted by molar-refractivity contribution is 5.95. The lowest BCUT2D eigenvalue weighted by molar-refractivity contribution is -0.0494. The Kier molecular flexibility index (Phi) is 4.25. The summed E-state index contributed by atoms with van der Waals surface area (Å²) in [6, 6.07) is 8.80. The third-order valence-corrected chi connectivity index (χ3v) is 4.83. The molecule has 0 spiro atoms. The lowest BCUT2D eigenvalue weighted by atomic mass is 10.1. The Morgan fingerprint density at radius 1 is 1.19 bits per heavy atom. The lowest BCUT2D eigenvalue weighted by Crippen LogP contribution is -2.42. The molecule has 1 saturated heterocycles. The minimum absolute atomic E-state index is 0.0809. The van der Waals surface area contributed by atoms with Gasteiger partial charge < -0.3 is 10.2 Å². The molecule has 0 saturated carbocycles. The van der Waals surface area contributed by atoms with Crippen molar-refractivity contribution in [3.63, 3.8) is 0 Å². The first kappa shape index (κ1) is 17.4. The van der Waals surface area contributed by atoms with Gasteiger partial charge in [0, 0.05) is 43.4 Å². The number of amides is 1. The molecule has 2 N–H and O–H groups in total. The van der Waals surface area contributed by atoms with Gasteiger partial charge >= 0.3 is 0 Å². The van der Waals surface area contributed by atoms with Crippen molar-refractivity contribution in [2.45, 2.75) is 25.7 Å². The molecule has 1 fully saturated rings. The number of piperidine rings is 1. The van der Waals surface area contributed by atoms with Crippen LogP contribution in [-0.2, 0) is 0 Å². The number of anilines is 2. The molecule has 8 heteroatoms. The van der Waals surface area contributed by atoms with E-state index in [2.05, 4.69) is 20.5 Å². The predicted octanol–water partition coefficient (Wildman–Crippen LogP) is 3.88. The number of fused-ring (bicyclic) bond motifs is 1. The first-order valence-electron chi connectivity index (χ1n) is 8.77. The molecule has 6 nitrogen and oxygen atoms in total. The average molecular weight is 371 g/mol. The topological polar surface area (TPSA) is 73.9 Å². The summed E-state index contributed by atoms with van der Waals surface area (Å²) in [5, 5.41) is 11.3. The second kappa shape index (κ2) is 6.61. The number of carbonyl (C=O) groups excluding carboxylic acids is 1. The third kappa shape index (κ3) is 3.47. The molecule has 1 amide bonds. The summed E-state index contributed by atoms with van der Waals surface area (Å²) in [5.74, 6) is -2.21. The number of aryl methyl sites for hydroxylation is 1. The van der Waals surface area contributed by atoms with Crippen LogP contribution in [0, 0.1) is 6.92 Å². The van der Waals surface area contributed by atoms with E-state index in [0.29, 0.717) is 11.4 Å². The van der Waals surface area contributed by atoms with E-state index in [1.807, 2.05) is 13.0 Å². The SMILES string of the molecule is Cc1n[nH]c2ccnc(Nc3ccc(C(=O)N4CCC(F)(F)CC4)cc3)c12. The summed E-state index contributed by atoms with van der Waals surface area (Å²) in [7, 11) is 0. The Bertz CT molecular complexity index is 973. The maximum absolute atomic E-state index is 13.3. The number of nitrogens with one attached hydrogen (secondary N) is 2. The molecule has 140 valence electrons. The Balaban J connectivity index is 1.49. The van der Waals surface area contributed by atoms with Crippen LogP contribution in [0.5, 0.6) is 0 Å². The number of halogens is 2. The van der Waals surface area contributed by atoms with Crippen molar-refractivity contribution in [3.05, 3.63) is 47.8 Å². The fourth-order valence-electron chi connectivity index (χ4n) is 3.27. The summed E-state index contributed by atoms with van der Waals surface area (Å²) in [5.41, 5.74) is 2.99. The molecule has 0 atom stereocenters. The van der Waals surface area contributed by atoms with Crippen LogP contribution in [0.2, 0.25) is 0 Å². The minimum Gasteiger partial charge on any atom is -0.340 e. The van der Waals surface area contributed by atoms with Crippen LogP contribution in [0.15, 0.2) is 36.5 Å². The molecule has 1 aliphatic rings. The van der Waals surface area contributed by atoms with Crippen molar-refractivity contribution >= 4 is 28.3 Å². The van der Waals surface area contributed by atoms with Crippen molar-refractivity contribution < 1.29 is 13.6 Å². The minimum atomic E-state index is -2.66. The van der Waals surface area contributed by atoms with Gasteiger partial charge in [-0.25, -0.2) is 13.8 Å². The zero-order valence-electron chi connectivity index (χ0n) is 14.8. The molecule has 27 heavy (non-hydrogen) atoms. The summed E-state index contributed by atoms with van der Waals surface area (Å²) < 4.78 is 26.5. The van der Waals surface area contributed by atoms with Gasteiger partial charge in [0.1, 0.15) is 5.82 Å². The smallest absolute Gasteiger partial charge is 0.253 e. The molecule has 1 aliphatic heterocycles. The van der Waals surface area contributed by atoms with E-state index in [1.165, 1.54) is 4.90 Å². The van der Waals surface area contributed by atoms with E-state index < -0.39 is 5.92 Å². The molecule has 0 aliphatic carbocycles. The number of hydrogen-bond donors (Lipinski definition) is 2. The van der Waals surface area contributed by atoms with Gasteiger partial charge in [-0.05, 0) is 37.3 Å². The number of aromatic nitrogens is 3. The molecule has 4 rings (SSSR count). The average Bonchev–Trinajstić information content (AvgIpc) is 3.04. The van der Waals surface area contributed by atoms with Gasteiger partial charge in [0.15, 0.2) is 0 Å². The number of aromatic amines is 1. The van der Waals surface area contributed by atoms with Crippen LogP contribution in [0.25, 0.3) is 10.9 Å². The predicted molar refractivity (Wildman–Crippen MR) is 98.4 cm³/mol. The first-order chi connectivity index (χ1) is 12.9. The molecule has 2 aromatic heterocycles. The first-order valence-corrected chi connectivity index (χ1v) is 8.77. The number of hydrogen-bond acceptors (Lipinski definition) is 4. The Labute approximate surface area is 154 Å². The van der Waals surface area contributed by atoms with Gasteiger partial charge in [-0.3, -0.25) is 9.89 Å². The van der Waals surface area contributed by atoms with E-state index in [-0.39, 0.29) is 31.8 Å². The quantitative estimate of drug-likeness (QED) is 0.733. The number of benzene rings is 1. The summed E-state index contributed by atoms with van der Waals surface area (Å²) >= 11 is 0. The maximum atomic E-state index is 13.3. The highest BCUT2D eigenvalue weighted by Gasteiger charge is 2.35. The van der Waals surface area contributed by atoms with E-state index in [1.54, 1.807) is 30.5 Å². The van der Waals surface area contributed by atoms with Crippen LogP contribution in [0.4, 0.5) is 20.3 Å². The Hall–Kier alpha value is -3.03. The third-order valence-electron chi connectivity index (χ3n) is 4.83. The molecule has 0 bridgehead atoms. The number of carbonyl (C=O) groups is 1. The standard InChI is InChI=1S/C19H19F2N5O/c1-12-16-15(25-24-12)6-9-22-17(16)23-14-4-2-13(3-5-14)18(27)26-10-7-19(20,21)8-11-26/h2-6,9H,7-8,10-11H2,1H3,(H,22,23)(H,24,25).